The lowest BCUT2D eigenvalue weighted by atomic mass is 10.2. The third kappa shape index (κ3) is 2.35. The Morgan fingerprint density at radius 3 is 2.75 bits per heavy atom. The monoisotopic (exact) mass is 288 g/mol. The summed E-state index contributed by atoms with van der Waals surface area (Å²) in [5.41, 5.74) is 7.63. The second kappa shape index (κ2) is 5.52. The Bertz CT molecular complexity index is 706. The van der Waals surface area contributed by atoms with Crippen LogP contribution in [0.1, 0.15) is 16.3 Å². The summed E-state index contributed by atoms with van der Waals surface area (Å²) in [5.74, 6) is -0.326. The number of nitrogens with zero attached hydrogens (tertiary/aromatic N) is 3. The number of rotatable bonds is 4. The van der Waals surface area contributed by atoms with Gasteiger partial charge in [0.2, 0.25) is 0 Å². The van der Waals surface area contributed by atoms with E-state index in [0.717, 1.165) is 5.69 Å². The molecule has 0 saturated carbocycles. The van der Waals surface area contributed by atoms with E-state index in [2.05, 4.69) is 10.3 Å². The van der Waals surface area contributed by atoms with Crippen molar-refractivity contribution in [3.63, 3.8) is 0 Å². The molecule has 4 nitrogen and oxygen atoms in total. The minimum Gasteiger partial charge on any atom is -0.325 e. The predicted octanol–water partition coefficient (Wildman–Crippen LogP) is 2.52. The molecule has 0 unspecified atom stereocenters. The van der Waals surface area contributed by atoms with Gasteiger partial charge < -0.3 is 5.73 Å². The Labute approximate surface area is 119 Å². The fraction of sp³-hybridized carbons (Fsp3) is 0.143. The summed E-state index contributed by atoms with van der Waals surface area (Å²) >= 11 is 1.64. The summed E-state index contributed by atoms with van der Waals surface area (Å²) in [6.45, 7) is 0.287. The first-order valence-corrected chi connectivity index (χ1v) is 7.08. The maximum Gasteiger partial charge on any atom is 0.148 e. The van der Waals surface area contributed by atoms with Crippen LogP contribution in [0.3, 0.4) is 0 Å². The molecule has 102 valence electrons. The van der Waals surface area contributed by atoms with Crippen molar-refractivity contribution >= 4 is 11.3 Å². The van der Waals surface area contributed by atoms with Crippen molar-refractivity contribution in [1.82, 2.24) is 15.0 Å². The first kappa shape index (κ1) is 13.0. The Balaban J connectivity index is 2.08. The second-order valence-electron chi connectivity index (χ2n) is 4.31. The van der Waals surface area contributed by atoms with Crippen LogP contribution in [-0.2, 0) is 13.0 Å². The predicted molar refractivity (Wildman–Crippen MR) is 76.3 cm³/mol. The summed E-state index contributed by atoms with van der Waals surface area (Å²) in [6.07, 6.45) is 0.644. The molecule has 0 fully saturated rings. The molecule has 0 saturated heterocycles. The van der Waals surface area contributed by atoms with E-state index in [4.69, 9.17) is 5.73 Å². The molecule has 0 bridgehead atoms. The first-order chi connectivity index (χ1) is 9.79. The molecule has 20 heavy (non-hydrogen) atoms. The number of halogens is 1. The Kier molecular flexibility index (Phi) is 3.58. The molecular formula is C14H13FN4S. The van der Waals surface area contributed by atoms with Crippen molar-refractivity contribution in [1.29, 1.82) is 0 Å². The first-order valence-electron chi connectivity index (χ1n) is 6.20. The zero-order valence-electron chi connectivity index (χ0n) is 10.7. The standard InChI is InChI=1S/C14H13FN4S/c15-11-5-1-2-6-13(11)19-14(12(9-16)17-18-19)8-10-4-3-7-20-10/h1-7H,8-9,16H2. The van der Waals surface area contributed by atoms with Crippen LogP contribution in [0.2, 0.25) is 0 Å². The summed E-state index contributed by atoms with van der Waals surface area (Å²) in [7, 11) is 0. The number of para-hydroxylation sites is 1. The van der Waals surface area contributed by atoms with Crippen molar-refractivity contribution < 1.29 is 4.39 Å². The van der Waals surface area contributed by atoms with Gasteiger partial charge in [-0.05, 0) is 23.6 Å². The third-order valence-electron chi connectivity index (χ3n) is 3.04. The maximum absolute atomic E-state index is 13.9. The van der Waals surface area contributed by atoms with E-state index in [9.17, 15) is 4.39 Å². The summed E-state index contributed by atoms with van der Waals surface area (Å²) in [5, 5.41) is 10.1. The van der Waals surface area contributed by atoms with Crippen molar-refractivity contribution in [2.75, 3.05) is 0 Å². The highest BCUT2D eigenvalue weighted by molar-refractivity contribution is 7.09. The van der Waals surface area contributed by atoms with Crippen molar-refractivity contribution in [3.05, 3.63) is 63.9 Å². The normalized spacial score (nSPS) is 10.9. The molecule has 2 N–H and O–H groups in total. The molecule has 2 heterocycles. The molecule has 0 aliphatic rings. The van der Waals surface area contributed by atoms with Crippen LogP contribution < -0.4 is 5.73 Å². The topological polar surface area (TPSA) is 56.7 Å². The van der Waals surface area contributed by atoms with E-state index in [-0.39, 0.29) is 12.4 Å². The fourth-order valence-corrected chi connectivity index (χ4v) is 2.77. The molecule has 2 aromatic heterocycles. The van der Waals surface area contributed by atoms with Crippen LogP contribution >= 0.6 is 11.3 Å². The molecule has 3 aromatic rings. The fourth-order valence-electron chi connectivity index (χ4n) is 2.06. The third-order valence-corrected chi connectivity index (χ3v) is 3.92. The van der Waals surface area contributed by atoms with Gasteiger partial charge in [0.1, 0.15) is 17.2 Å². The lowest BCUT2D eigenvalue weighted by Crippen LogP contribution is -2.07. The number of nitrogens with two attached hydrogens (primary N) is 1. The van der Waals surface area contributed by atoms with E-state index in [1.807, 2.05) is 17.5 Å². The lowest BCUT2D eigenvalue weighted by molar-refractivity contribution is 0.603. The quantitative estimate of drug-likeness (QED) is 0.802. The average molecular weight is 288 g/mol. The highest BCUT2D eigenvalue weighted by Gasteiger charge is 2.16. The largest absolute Gasteiger partial charge is 0.325 e. The Hall–Kier alpha value is -2.05. The van der Waals surface area contributed by atoms with Gasteiger partial charge in [0.25, 0.3) is 0 Å². The molecule has 1 aromatic carbocycles. The van der Waals surface area contributed by atoms with Crippen molar-refractivity contribution in [2.24, 2.45) is 5.73 Å². The molecule has 3 rings (SSSR count). The Morgan fingerprint density at radius 2 is 2.05 bits per heavy atom. The van der Waals surface area contributed by atoms with Gasteiger partial charge in [-0.25, -0.2) is 9.07 Å². The molecule has 0 amide bonds. The summed E-state index contributed by atoms with van der Waals surface area (Å²) in [4.78, 5) is 1.17. The number of benzene rings is 1. The van der Waals surface area contributed by atoms with E-state index in [1.54, 1.807) is 29.5 Å². The molecule has 0 atom stereocenters. The highest BCUT2D eigenvalue weighted by atomic mass is 32.1. The van der Waals surface area contributed by atoms with Gasteiger partial charge in [0.05, 0.1) is 5.69 Å². The van der Waals surface area contributed by atoms with Gasteiger partial charge in [0.15, 0.2) is 0 Å². The zero-order chi connectivity index (χ0) is 13.9. The van der Waals surface area contributed by atoms with Crippen molar-refractivity contribution in [2.45, 2.75) is 13.0 Å². The Morgan fingerprint density at radius 1 is 1.20 bits per heavy atom. The highest BCUT2D eigenvalue weighted by Crippen LogP contribution is 2.21. The van der Waals surface area contributed by atoms with Crippen LogP contribution in [0, 0.1) is 5.82 Å². The number of aromatic nitrogens is 3. The second-order valence-corrected chi connectivity index (χ2v) is 5.34. The van der Waals surface area contributed by atoms with Gasteiger partial charge in [-0.1, -0.05) is 23.4 Å². The van der Waals surface area contributed by atoms with Crippen LogP contribution in [0.5, 0.6) is 0 Å². The lowest BCUT2D eigenvalue weighted by Gasteiger charge is -2.07. The molecule has 0 aliphatic heterocycles. The molecule has 0 spiro atoms. The van der Waals surface area contributed by atoms with Crippen LogP contribution in [0.25, 0.3) is 5.69 Å². The minimum atomic E-state index is -0.326. The minimum absolute atomic E-state index is 0.287. The van der Waals surface area contributed by atoms with E-state index < -0.39 is 0 Å². The van der Waals surface area contributed by atoms with Gasteiger partial charge in [-0.2, -0.15) is 0 Å². The summed E-state index contributed by atoms with van der Waals surface area (Å²) < 4.78 is 15.5. The van der Waals surface area contributed by atoms with Crippen LogP contribution in [0.4, 0.5) is 4.39 Å². The SMILES string of the molecule is NCc1nnn(-c2ccccc2F)c1Cc1cccs1. The molecule has 6 heteroatoms. The van der Waals surface area contributed by atoms with Gasteiger partial charge in [-0.15, -0.1) is 16.4 Å². The number of hydrogen-bond acceptors (Lipinski definition) is 4. The smallest absolute Gasteiger partial charge is 0.148 e. The molecular weight excluding hydrogens is 275 g/mol. The molecule has 0 radical (unpaired) electrons. The van der Waals surface area contributed by atoms with Crippen LogP contribution in [-0.4, -0.2) is 15.0 Å². The van der Waals surface area contributed by atoms with E-state index in [0.29, 0.717) is 17.8 Å². The number of hydrogen-bond donors (Lipinski definition) is 1. The van der Waals surface area contributed by atoms with E-state index in [1.165, 1.54) is 15.6 Å². The van der Waals surface area contributed by atoms with Gasteiger partial charge in [-0.3, -0.25) is 0 Å². The maximum atomic E-state index is 13.9. The summed E-state index contributed by atoms with van der Waals surface area (Å²) in [6, 6.07) is 10.5. The zero-order valence-corrected chi connectivity index (χ0v) is 11.5. The van der Waals surface area contributed by atoms with Crippen molar-refractivity contribution in [3.8, 4) is 5.69 Å². The average Bonchev–Trinajstić information content (AvgIpc) is 3.10. The number of thiophene rings is 1. The van der Waals surface area contributed by atoms with E-state index >= 15 is 0 Å². The van der Waals surface area contributed by atoms with Crippen LogP contribution in [0.15, 0.2) is 41.8 Å². The molecule has 0 aliphatic carbocycles. The van der Waals surface area contributed by atoms with Gasteiger partial charge >= 0.3 is 0 Å². The van der Waals surface area contributed by atoms with Gasteiger partial charge in [0, 0.05) is 17.8 Å².